The molecule has 0 aliphatic heterocycles. The summed E-state index contributed by atoms with van der Waals surface area (Å²) >= 11 is 0. The van der Waals surface area contributed by atoms with Gasteiger partial charge in [0.25, 0.3) is 0 Å². The van der Waals surface area contributed by atoms with Gasteiger partial charge in [0.05, 0.1) is 0 Å². The molecule has 0 bridgehead atoms. The molecule has 0 unspecified atom stereocenters. The summed E-state index contributed by atoms with van der Waals surface area (Å²) in [6, 6.07) is 18.4. The van der Waals surface area contributed by atoms with Crippen LogP contribution >= 0.6 is 0 Å². The van der Waals surface area contributed by atoms with E-state index >= 15 is 0 Å². The summed E-state index contributed by atoms with van der Waals surface area (Å²) in [5.74, 6) is -0.0179. The zero-order valence-electron chi connectivity index (χ0n) is 15.7. The Morgan fingerprint density at radius 2 is 1.65 bits per heavy atom. The van der Waals surface area contributed by atoms with E-state index in [0.717, 1.165) is 18.4 Å². The van der Waals surface area contributed by atoms with Gasteiger partial charge < -0.3 is 10.2 Å². The number of nitrogens with zero attached hydrogens (tertiary/aromatic N) is 1. The molecule has 0 aromatic heterocycles. The highest BCUT2D eigenvalue weighted by Crippen LogP contribution is 2.08. The summed E-state index contributed by atoms with van der Waals surface area (Å²) in [5.41, 5.74) is 3.55. The lowest BCUT2D eigenvalue weighted by atomic mass is 10.1. The van der Waals surface area contributed by atoms with Gasteiger partial charge in [-0.1, -0.05) is 60.2 Å². The van der Waals surface area contributed by atoms with Crippen LogP contribution in [0.3, 0.4) is 0 Å². The van der Waals surface area contributed by atoms with Crippen molar-refractivity contribution in [3.8, 4) is 0 Å². The average Bonchev–Trinajstić information content (AvgIpc) is 2.64. The predicted molar refractivity (Wildman–Crippen MR) is 105 cm³/mol. The highest BCUT2D eigenvalue weighted by atomic mass is 16.2. The summed E-state index contributed by atoms with van der Waals surface area (Å²) in [4.78, 5) is 25.6. The first-order valence-electron chi connectivity index (χ1n) is 9.16. The van der Waals surface area contributed by atoms with Crippen molar-refractivity contribution < 1.29 is 9.59 Å². The molecule has 4 nitrogen and oxygen atoms in total. The number of nitrogens with one attached hydrogen (secondary N) is 1. The highest BCUT2D eigenvalue weighted by Gasteiger charge is 2.11. The van der Waals surface area contributed by atoms with Crippen LogP contribution in [0.4, 0.5) is 0 Å². The molecular weight excluding hydrogens is 324 g/mol. The number of rotatable bonds is 9. The maximum atomic E-state index is 12.0. The Kier molecular flexibility index (Phi) is 7.87. The smallest absolute Gasteiger partial charge is 0.221 e. The average molecular weight is 352 g/mol. The normalized spacial score (nSPS) is 10.4. The van der Waals surface area contributed by atoms with Crippen LogP contribution in [0.5, 0.6) is 0 Å². The summed E-state index contributed by atoms with van der Waals surface area (Å²) in [6.45, 7) is 5.22. The Labute approximate surface area is 156 Å². The Morgan fingerprint density at radius 1 is 0.962 bits per heavy atom. The van der Waals surface area contributed by atoms with Gasteiger partial charge in [0, 0.05) is 33.0 Å². The molecule has 2 aromatic rings. The molecular formula is C22H28N2O2. The van der Waals surface area contributed by atoms with Crippen LogP contribution in [0.1, 0.15) is 36.5 Å². The van der Waals surface area contributed by atoms with E-state index in [-0.39, 0.29) is 11.8 Å². The molecule has 2 amide bonds. The maximum absolute atomic E-state index is 12.0. The second-order valence-electron chi connectivity index (χ2n) is 6.62. The number of carbonyl (C=O) groups is 2. The van der Waals surface area contributed by atoms with Crippen LogP contribution in [-0.4, -0.2) is 29.8 Å². The van der Waals surface area contributed by atoms with Crippen molar-refractivity contribution >= 4 is 11.8 Å². The number of hydrogen-bond donors (Lipinski definition) is 1. The van der Waals surface area contributed by atoms with Gasteiger partial charge in [0.15, 0.2) is 0 Å². The quantitative estimate of drug-likeness (QED) is 0.703. The zero-order valence-corrected chi connectivity index (χ0v) is 15.7. The first-order chi connectivity index (χ1) is 12.5. The molecule has 26 heavy (non-hydrogen) atoms. The van der Waals surface area contributed by atoms with E-state index in [2.05, 4.69) is 17.4 Å². The number of hydrogen-bond acceptors (Lipinski definition) is 2. The van der Waals surface area contributed by atoms with Crippen molar-refractivity contribution in [3.05, 3.63) is 71.3 Å². The molecule has 0 spiro atoms. The van der Waals surface area contributed by atoms with Crippen molar-refractivity contribution in [1.82, 2.24) is 10.2 Å². The second kappa shape index (κ2) is 10.4. The summed E-state index contributed by atoms with van der Waals surface area (Å²) < 4.78 is 0. The molecule has 2 rings (SSSR count). The number of benzene rings is 2. The molecule has 4 heteroatoms. The molecule has 2 aromatic carbocycles. The molecule has 0 atom stereocenters. The van der Waals surface area contributed by atoms with Crippen molar-refractivity contribution in [1.29, 1.82) is 0 Å². The molecule has 0 radical (unpaired) electrons. The molecule has 138 valence electrons. The van der Waals surface area contributed by atoms with Gasteiger partial charge in [0.2, 0.25) is 11.8 Å². The molecule has 0 aliphatic carbocycles. The standard InChI is InChI=1S/C22H28N2O2/c1-18-10-12-21(13-11-18)17-24(19(2)25)16-14-22(26)23-15-6-9-20-7-4-3-5-8-20/h3-5,7-8,10-13H,6,9,14-17H2,1-2H3,(H,23,26). The SMILES string of the molecule is CC(=O)N(CCC(=O)NCCCc1ccccc1)Cc1ccc(C)cc1. The minimum Gasteiger partial charge on any atom is -0.356 e. The fraction of sp³-hybridized carbons (Fsp3) is 0.364. The minimum absolute atomic E-state index is 0.00628. The largest absolute Gasteiger partial charge is 0.356 e. The van der Waals surface area contributed by atoms with E-state index in [1.54, 1.807) is 11.8 Å². The van der Waals surface area contributed by atoms with Crippen molar-refractivity contribution in [3.63, 3.8) is 0 Å². The highest BCUT2D eigenvalue weighted by molar-refractivity contribution is 5.78. The Hall–Kier alpha value is -2.62. The van der Waals surface area contributed by atoms with Gasteiger partial charge in [-0.3, -0.25) is 9.59 Å². The van der Waals surface area contributed by atoms with Crippen molar-refractivity contribution in [2.24, 2.45) is 0 Å². The third-order valence-corrected chi connectivity index (χ3v) is 4.36. The molecule has 0 saturated heterocycles. The maximum Gasteiger partial charge on any atom is 0.221 e. The monoisotopic (exact) mass is 352 g/mol. The lowest BCUT2D eigenvalue weighted by Gasteiger charge is -2.21. The third kappa shape index (κ3) is 7.09. The summed E-state index contributed by atoms with van der Waals surface area (Å²) in [7, 11) is 0. The molecule has 1 N–H and O–H groups in total. The van der Waals surface area contributed by atoms with Crippen molar-refractivity contribution in [2.75, 3.05) is 13.1 Å². The molecule has 0 aliphatic rings. The van der Waals surface area contributed by atoms with Gasteiger partial charge in [-0.2, -0.15) is 0 Å². The van der Waals surface area contributed by atoms with Gasteiger partial charge in [-0.05, 0) is 30.9 Å². The molecule has 0 fully saturated rings. The Morgan fingerprint density at radius 3 is 2.31 bits per heavy atom. The lowest BCUT2D eigenvalue weighted by molar-refractivity contribution is -0.130. The minimum atomic E-state index is -0.0116. The van der Waals surface area contributed by atoms with E-state index in [4.69, 9.17) is 0 Å². The molecule has 0 heterocycles. The van der Waals surface area contributed by atoms with Gasteiger partial charge in [-0.25, -0.2) is 0 Å². The van der Waals surface area contributed by atoms with Crippen LogP contribution in [0.15, 0.2) is 54.6 Å². The van der Waals surface area contributed by atoms with Gasteiger partial charge in [-0.15, -0.1) is 0 Å². The Balaban J connectivity index is 1.69. The van der Waals surface area contributed by atoms with Gasteiger partial charge >= 0.3 is 0 Å². The van der Waals surface area contributed by atoms with Crippen LogP contribution < -0.4 is 5.32 Å². The Bertz CT molecular complexity index is 696. The summed E-state index contributed by atoms with van der Waals surface area (Å²) in [6.07, 6.45) is 2.19. The van der Waals surface area contributed by atoms with E-state index in [1.165, 1.54) is 11.1 Å². The van der Waals surface area contributed by atoms with E-state index < -0.39 is 0 Å². The van der Waals surface area contributed by atoms with Gasteiger partial charge in [0.1, 0.15) is 0 Å². The van der Waals surface area contributed by atoms with E-state index in [1.807, 2.05) is 49.4 Å². The fourth-order valence-corrected chi connectivity index (χ4v) is 2.75. The lowest BCUT2D eigenvalue weighted by Crippen LogP contribution is -2.33. The van der Waals surface area contributed by atoms with Crippen LogP contribution in [0.25, 0.3) is 0 Å². The summed E-state index contributed by atoms with van der Waals surface area (Å²) in [5, 5.41) is 2.94. The number of aryl methyl sites for hydroxylation is 2. The fourth-order valence-electron chi connectivity index (χ4n) is 2.75. The first-order valence-corrected chi connectivity index (χ1v) is 9.16. The van der Waals surface area contributed by atoms with Crippen LogP contribution in [0, 0.1) is 6.92 Å². The number of amides is 2. The third-order valence-electron chi connectivity index (χ3n) is 4.36. The predicted octanol–water partition coefficient (Wildman–Crippen LogP) is 3.48. The van der Waals surface area contributed by atoms with Crippen LogP contribution in [0.2, 0.25) is 0 Å². The number of carbonyl (C=O) groups excluding carboxylic acids is 2. The van der Waals surface area contributed by atoms with Crippen molar-refractivity contribution in [2.45, 2.75) is 39.7 Å². The van der Waals surface area contributed by atoms with E-state index in [9.17, 15) is 9.59 Å². The topological polar surface area (TPSA) is 49.4 Å². The molecule has 0 saturated carbocycles. The van der Waals surface area contributed by atoms with Crippen LogP contribution in [-0.2, 0) is 22.6 Å². The van der Waals surface area contributed by atoms with E-state index in [0.29, 0.717) is 26.1 Å². The zero-order chi connectivity index (χ0) is 18.8. The first kappa shape index (κ1) is 19.7. The second-order valence-corrected chi connectivity index (χ2v) is 6.62.